The number of amides is 1. The predicted molar refractivity (Wildman–Crippen MR) is 126 cm³/mol. The molecular formula is C26H25N3O3. The van der Waals surface area contributed by atoms with E-state index in [1.807, 2.05) is 80.6 Å². The number of aromatic nitrogens is 2. The Kier molecular flexibility index (Phi) is 6.03. The molecule has 3 aromatic carbocycles. The molecule has 162 valence electrons. The van der Waals surface area contributed by atoms with Crippen molar-refractivity contribution in [2.75, 3.05) is 0 Å². The van der Waals surface area contributed by atoms with Crippen LogP contribution in [0.4, 0.5) is 0 Å². The molecule has 0 fully saturated rings. The normalized spacial score (nSPS) is 11.9. The molecule has 32 heavy (non-hydrogen) atoms. The molecule has 1 atom stereocenters. The Hall–Kier alpha value is -3.93. The predicted octanol–water partition coefficient (Wildman–Crippen LogP) is 3.72. The lowest BCUT2D eigenvalue weighted by Crippen LogP contribution is -2.41. The number of para-hydroxylation sites is 2. The monoisotopic (exact) mass is 427 g/mol. The molecule has 1 N–H and O–H groups in total. The summed E-state index contributed by atoms with van der Waals surface area (Å²) >= 11 is 0. The molecule has 1 amide bonds. The number of carbonyl (C=O) groups is 1. The van der Waals surface area contributed by atoms with E-state index in [1.54, 1.807) is 12.1 Å². The van der Waals surface area contributed by atoms with Crippen molar-refractivity contribution in [2.24, 2.45) is 0 Å². The minimum Gasteiger partial charge on any atom is -0.346 e. The lowest BCUT2D eigenvalue weighted by atomic mass is 10.1. The van der Waals surface area contributed by atoms with Crippen molar-refractivity contribution in [1.82, 2.24) is 14.5 Å². The van der Waals surface area contributed by atoms with Crippen molar-refractivity contribution >= 4 is 16.9 Å². The highest BCUT2D eigenvalue weighted by Gasteiger charge is 2.14. The highest BCUT2D eigenvalue weighted by molar-refractivity contribution is 5.94. The highest BCUT2D eigenvalue weighted by Crippen LogP contribution is 2.15. The molecule has 4 aromatic rings. The second-order valence-corrected chi connectivity index (χ2v) is 7.73. The van der Waals surface area contributed by atoms with E-state index in [1.165, 1.54) is 9.13 Å². The van der Waals surface area contributed by atoms with Gasteiger partial charge in [-0.3, -0.25) is 19.0 Å². The number of nitrogens with one attached hydrogen (secondary N) is 1. The quantitative estimate of drug-likeness (QED) is 0.477. The van der Waals surface area contributed by atoms with Crippen molar-refractivity contribution < 1.29 is 4.79 Å². The van der Waals surface area contributed by atoms with Gasteiger partial charge >= 0.3 is 11.1 Å². The summed E-state index contributed by atoms with van der Waals surface area (Å²) in [7, 11) is 0. The summed E-state index contributed by atoms with van der Waals surface area (Å²) < 4.78 is 2.99. The molecule has 0 spiro atoms. The topological polar surface area (TPSA) is 73.1 Å². The summed E-state index contributed by atoms with van der Waals surface area (Å²) in [4.78, 5) is 38.0. The summed E-state index contributed by atoms with van der Waals surface area (Å²) in [5.41, 5.74) is 2.75. The number of nitrogens with zero attached hydrogens (tertiary/aromatic N) is 2. The molecule has 1 heterocycles. The van der Waals surface area contributed by atoms with Gasteiger partial charge in [0.05, 0.1) is 23.6 Å². The average molecular weight is 428 g/mol. The number of carbonyl (C=O) groups excluding carboxylic acids is 1. The molecule has 0 radical (unpaired) electrons. The van der Waals surface area contributed by atoms with Crippen molar-refractivity contribution in [1.29, 1.82) is 0 Å². The lowest BCUT2D eigenvalue weighted by molar-refractivity contribution is 0.0940. The zero-order valence-electron chi connectivity index (χ0n) is 18.1. The smallest absolute Gasteiger partial charge is 0.317 e. The van der Waals surface area contributed by atoms with E-state index in [2.05, 4.69) is 5.32 Å². The van der Waals surface area contributed by atoms with E-state index in [-0.39, 0.29) is 18.5 Å². The molecule has 0 bridgehead atoms. The maximum atomic E-state index is 12.8. The van der Waals surface area contributed by atoms with Gasteiger partial charge in [0.15, 0.2) is 0 Å². The van der Waals surface area contributed by atoms with Crippen molar-refractivity contribution in [3.8, 4) is 0 Å². The lowest BCUT2D eigenvalue weighted by Gasteiger charge is -2.15. The van der Waals surface area contributed by atoms with Crippen LogP contribution in [0.5, 0.6) is 0 Å². The summed E-state index contributed by atoms with van der Waals surface area (Å²) in [6.07, 6.45) is 0. The summed E-state index contributed by atoms with van der Waals surface area (Å²) in [5, 5.41) is 3.00. The molecule has 0 saturated heterocycles. The first-order valence-electron chi connectivity index (χ1n) is 10.7. The first-order chi connectivity index (χ1) is 15.5. The third kappa shape index (κ3) is 4.12. The van der Waals surface area contributed by atoms with Crippen molar-refractivity contribution in [3.05, 3.63) is 116 Å². The zero-order valence-corrected chi connectivity index (χ0v) is 18.1. The minimum absolute atomic E-state index is 0.113. The first kappa shape index (κ1) is 21.3. The molecule has 0 aliphatic rings. The fourth-order valence-electron chi connectivity index (χ4n) is 3.89. The van der Waals surface area contributed by atoms with E-state index in [0.29, 0.717) is 17.6 Å². The van der Waals surface area contributed by atoms with Gasteiger partial charge in [-0.15, -0.1) is 0 Å². The molecule has 1 aromatic heterocycles. The first-order valence-corrected chi connectivity index (χ1v) is 10.7. The largest absolute Gasteiger partial charge is 0.346 e. The van der Waals surface area contributed by atoms with Gasteiger partial charge in [-0.1, -0.05) is 54.6 Å². The van der Waals surface area contributed by atoms with Gasteiger partial charge in [0, 0.05) is 12.1 Å². The maximum absolute atomic E-state index is 12.8. The maximum Gasteiger partial charge on any atom is 0.317 e. The molecule has 0 unspecified atom stereocenters. The van der Waals surface area contributed by atoms with Crippen LogP contribution in [-0.2, 0) is 13.1 Å². The number of hydrogen-bond acceptors (Lipinski definition) is 3. The van der Waals surface area contributed by atoms with Gasteiger partial charge in [-0.25, -0.2) is 0 Å². The van der Waals surface area contributed by atoms with E-state index >= 15 is 0 Å². The van der Waals surface area contributed by atoms with Gasteiger partial charge in [0.1, 0.15) is 0 Å². The summed E-state index contributed by atoms with van der Waals surface area (Å²) in [5.74, 6) is -0.166. The van der Waals surface area contributed by atoms with Crippen LogP contribution >= 0.6 is 0 Å². The fourth-order valence-corrected chi connectivity index (χ4v) is 3.89. The third-order valence-electron chi connectivity index (χ3n) is 5.66. The second-order valence-electron chi connectivity index (χ2n) is 7.73. The fraction of sp³-hybridized carbons (Fsp3) is 0.192. The Labute approximate surface area is 185 Å². The minimum atomic E-state index is -0.552. The van der Waals surface area contributed by atoms with Gasteiger partial charge in [0.25, 0.3) is 5.91 Å². The molecule has 6 heteroatoms. The molecule has 4 rings (SSSR count). The number of rotatable bonds is 6. The Balaban J connectivity index is 1.58. The average Bonchev–Trinajstić information content (AvgIpc) is 2.83. The molecule has 0 aliphatic carbocycles. The zero-order chi connectivity index (χ0) is 22.7. The van der Waals surface area contributed by atoms with Crippen LogP contribution in [0.25, 0.3) is 11.0 Å². The number of aryl methyl sites for hydroxylation is 1. The molecule has 0 aliphatic heterocycles. The van der Waals surface area contributed by atoms with Crippen LogP contribution in [-0.4, -0.2) is 15.0 Å². The number of fused-ring (bicyclic) bond motifs is 1. The van der Waals surface area contributed by atoms with Crippen LogP contribution in [0.2, 0.25) is 0 Å². The summed E-state index contributed by atoms with van der Waals surface area (Å²) in [6.45, 7) is 4.47. The Morgan fingerprint density at radius 3 is 2.00 bits per heavy atom. The van der Waals surface area contributed by atoms with E-state index in [9.17, 15) is 14.4 Å². The standard InChI is InChI=1S/C26H25N3O3/c1-3-28-22-11-7-8-12-23(22)29(26(32)25(28)31)17-19-13-15-21(16-14-19)24(30)27-18(2)20-9-5-4-6-10-20/h4-16,18H,3,17H2,1-2H3,(H,27,30)/t18-/m0/s1. The second kappa shape index (κ2) is 9.06. The van der Waals surface area contributed by atoms with Gasteiger partial charge in [0.2, 0.25) is 0 Å². The van der Waals surface area contributed by atoms with Gasteiger partial charge in [-0.2, -0.15) is 0 Å². The SMILES string of the molecule is CCn1c(=O)c(=O)n(Cc2ccc(C(=O)N[C@@H](C)c3ccccc3)cc2)c2ccccc21. The number of hydrogen-bond donors (Lipinski definition) is 1. The van der Waals surface area contributed by atoms with Crippen molar-refractivity contribution in [2.45, 2.75) is 33.0 Å². The van der Waals surface area contributed by atoms with E-state index in [4.69, 9.17) is 0 Å². The van der Waals surface area contributed by atoms with Crippen LogP contribution < -0.4 is 16.4 Å². The van der Waals surface area contributed by atoms with Crippen LogP contribution in [0.15, 0.2) is 88.5 Å². The van der Waals surface area contributed by atoms with Crippen LogP contribution in [0, 0.1) is 0 Å². The van der Waals surface area contributed by atoms with Crippen LogP contribution in [0.3, 0.4) is 0 Å². The summed E-state index contributed by atoms with van der Waals surface area (Å²) in [6, 6.07) is 24.2. The van der Waals surface area contributed by atoms with Gasteiger partial charge in [-0.05, 0) is 49.2 Å². The Bertz CT molecular complexity index is 1370. The van der Waals surface area contributed by atoms with E-state index < -0.39 is 11.1 Å². The third-order valence-corrected chi connectivity index (χ3v) is 5.66. The van der Waals surface area contributed by atoms with Crippen molar-refractivity contribution in [3.63, 3.8) is 0 Å². The highest BCUT2D eigenvalue weighted by atomic mass is 16.2. The van der Waals surface area contributed by atoms with E-state index in [0.717, 1.165) is 16.6 Å². The van der Waals surface area contributed by atoms with Gasteiger partial charge < -0.3 is 9.88 Å². The molecular weight excluding hydrogens is 402 g/mol. The molecule has 0 saturated carbocycles. The Morgan fingerprint density at radius 2 is 1.38 bits per heavy atom. The molecule has 6 nitrogen and oxygen atoms in total. The van der Waals surface area contributed by atoms with Crippen LogP contribution in [0.1, 0.15) is 41.4 Å². The Morgan fingerprint density at radius 1 is 0.812 bits per heavy atom. The number of benzene rings is 3.